The molecule has 1 heterocycles. The topological polar surface area (TPSA) is 132 Å². The number of amides is 1. The zero-order valence-electron chi connectivity index (χ0n) is 17.3. The van der Waals surface area contributed by atoms with Gasteiger partial charge in [-0.15, -0.1) is 12.4 Å². The molecule has 0 fully saturated rings. The number of nitrogens with zero attached hydrogens (tertiary/aromatic N) is 4. The monoisotopic (exact) mass is 423 g/mol. The number of hydrogen-bond donors (Lipinski definition) is 3. The van der Waals surface area contributed by atoms with E-state index in [1.54, 1.807) is 23.1 Å². The van der Waals surface area contributed by atoms with Crippen LogP contribution in [0.3, 0.4) is 0 Å². The SMILES string of the molecule is CCC(CC)(CN)C(=O)Nc1cccc(OCc2nc(N)nc(N(C)C)n2)c1.Cl. The second-order valence-corrected chi connectivity index (χ2v) is 6.77. The molecule has 29 heavy (non-hydrogen) atoms. The number of rotatable bonds is 9. The Kier molecular flexibility index (Phi) is 9.06. The molecular weight excluding hydrogens is 394 g/mol. The van der Waals surface area contributed by atoms with Crippen LogP contribution in [0.2, 0.25) is 0 Å². The van der Waals surface area contributed by atoms with Crippen LogP contribution in [0.4, 0.5) is 17.6 Å². The van der Waals surface area contributed by atoms with Crippen LogP contribution < -0.4 is 26.4 Å². The minimum absolute atomic E-state index is 0. The summed E-state index contributed by atoms with van der Waals surface area (Å²) in [5.74, 6) is 1.51. The first-order valence-electron chi connectivity index (χ1n) is 9.25. The fourth-order valence-electron chi connectivity index (χ4n) is 2.72. The third-order valence-electron chi connectivity index (χ3n) is 4.77. The van der Waals surface area contributed by atoms with E-state index in [0.717, 1.165) is 0 Å². The van der Waals surface area contributed by atoms with Gasteiger partial charge in [-0.25, -0.2) is 0 Å². The maximum absolute atomic E-state index is 12.7. The van der Waals surface area contributed by atoms with E-state index in [-0.39, 0.29) is 30.9 Å². The van der Waals surface area contributed by atoms with E-state index >= 15 is 0 Å². The van der Waals surface area contributed by atoms with E-state index in [4.69, 9.17) is 16.2 Å². The molecule has 9 nitrogen and oxygen atoms in total. The predicted molar refractivity (Wildman–Crippen MR) is 117 cm³/mol. The van der Waals surface area contributed by atoms with Crippen molar-refractivity contribution in [1.82, 2.24) is 15.0 Å². The van der Waals surface area contributed by atoms with Gasteiger partial charge in [-0.1, -0.05) is 19.9 Å². The quantitative estimate of drug-likeness (QED) is 0.559. The third kappa shape index (κ3) is 6.16. The highest BCUT2D eigenvalue weighted by Crippen LogP contribution is 2.28. The van der Waals surface area contributed by atoms with Crippen molar-refractivity contribution >= 4 is 35.9 Å². The number of ether oxygens (including phenoxy) is 1. The molecule has 0 saturated heterocycles. The van der Waals surface area contributed by atoms with Crippen LogP contribution >= 0.6 is 12.4 Å². The highest BCUT2D eigenvalue weighted by atomic mass is 35.5. The second kappa shape index (κ2) is 10.8. The summed E-state index contributed by atoms with van der Waals surface area (Å²) in [7, 11) is 3.64. The normalized spacial score (nSPS) is 10.8. The molecule has 1 aromatic heterocycles. The lowest BCUT2D eigenvalue weighted by Crippen LogP contribution is -2.41. The molecule has 0 unspecified atom stereocenters. The maximum atomic E-state index is 12.7. The average molecular weight is 424 g/mol. The van der Waals surface area contributed by atoms with Crippen molar-refractivity contribution in [2.75, 3.05) is 36.6 Å². The number of carbonyl (C=O) groups excluding carboxylic acids is 1. The van der Waals surface area contributed by atoms with E-state index in [0.29, 0.717) is 42.6 Å². The van der Waals surface area contributed by atoms with Gasteiger partial charge in [0.2, 0.25) is 17.8 Å². The minimum Gasteiger partial charge on any atom is -0.486 e. The maximum Gasteiger partial charge on any atom is 0.231 e. The van der Waals surface area contributed by atoms with E-state index in [9.17, 15) is 4.79 Å². The van der Waals surface area contributed by atoms with E-state index in [2.05, 4.69) is 20.3 Å². The Morgan fingerprint density at radius 1 is 1.21 bits per heavy atom. The largest absolute Gasteiger partial charge is 0.486 e. The number of anilines is 3. The van der Waals surface area contributed by atoms with Gasteiger partial charge in [-0.05, 0) is 25.0 Å². The summed E-state index contributed by atoms with van der Waals surface area (Å²) in [6, 6.07) is 7.16. The summed E-state index contributed by atoms with van der Waals surface area (Å²) in [6.07, 6.45) is 1.36. The van der Waals surface area contributed by atoms with Gasteiger partial charge in [0.15, 0.2) is 5.82 Å². The van der Waals surface area contributed by atoms with Crippen molar-refractivity contribution in [3.8, 4) is 5.75 Å². The van der Waals surface area contributed by atoms with Crippen LogP contribution in [0.1, 0.15) is 32.5 Å². The molecule has 1 amide bonds. The molecule has 1 aromatic carbocycles. The van der Waals surface area contributed by atoms with Crippen LogP contribution in [0.15, 0.2) is 24.3 Å². The van der Waals surface area contributed by atoms with Crippen molar-refractivity contribution in [3.63, 3.8) is 0 Å². The molecule has 0 aliphatic carbocycles. The lowest BCUT2D eigenvalue weighted by molar-refractivity contribution is -0.125. The summed E-state index contributed by atoms with van der Waals surface area (Å²) in [5.41, 5.74) is 11.7. The molecule has 2 rings (SSSR count). The van der Waals surface area contributed by atoms with Gasteiger partial charge in [0.05, 0.1) is 5.41 Å². The summed E-state index contributed by atoms with van der Waals surface area (Å²) in [5, 5.41) is 2.94. The van der Waals surface area contributed by atoms with Crippen molar-refractivity contribution in [2.24, 2.45) is 11.1 Å². The number of nitrogens with one attached hydrogen (secondary N) is 1. The van der Waals surface area contributed by atoms with Crippen molar-refractivity contribution in [2.45, 2.75) is 33.3 Å². The summed E-state index contributed by atoms with van der Waals surface area (Å²) in [4.78, 5) is 26.9. The van der Waals surface area contributed by atoms with Gasteiger partial charge in [0, 0.05) is 32.4 Å². The fourth-order valence-corrected chi connectivity index (χ4v) is 2.72. The van der Waals surface area contributed by atoms with E-state index < -0.39 is 5.41 Å². The van der Waals surface area contributed by atoms with Crippen LogP contribution in [-0.2, 0) is 11.4 Å². The number of carbonyl (C=O) groups is 1. The zero-order valence-corrected chi connectivity index (χ0v) is 18.1. The summed E-state index contributed by atoms with van der Waals surface area (Å²) >= 11 is 0. The van der Waals surface area contributed by atoms with Gasteiger partial charge in [0.1, 0.15) is 12.4 Å². The highest BCUT2D eigenvalue weighted by Gasteiger charge is 2.33. The Morgan fingerprint density at radius 2 is 1.90 bits per heavy atom. The van der Waals surface area contributed by atoms with Crippen LogP contribution in [-0.4, -0.2) is 41.5 Å². The molecule has 5 N–H and O–H groups in total. The number of nitrogens with two attached hydrogens (primary N) is 2. The molecule has 0 aliphatic rings. The number of halogens is 1. The van der Waals surface area contributed by atoms with Gasteiger partial charge in [-0.2, -0.15) is 15.0 Å². The van der Waals surface area contributed by atoms with Crippen LogP contribution in [0.5, 0.6) is 5.75 Å². The first-order valence-corrected chi connectivity index (χ1v) is 9.25. The van der Waals surface area contributed by atoms with Gasteiger partial charge < -0.3 is 26.4 Å². The molecule has 0 atom stereocenters. The number of hydrogen-bond acceptors (Lipinski definition) is 8. The first kappa shape index (κ1) is 24.4. The Hall–Kier alpha value is -2.65. The molecular formula is C19H30ClN7O2. The average Bonchev–Trinajstić information content (AvgIpc) is 2.68. The smallest absolute Gasteiger partial charge is 0.231 e. The zero-order chi connectivity index (χ0) is 20.7. The Morgan fingerprint density at radius 3 is 2.48 bits per heavy atom. The van der Waals surface area contributed by atoms with Gasteiger partial charge in [0.25, 0.3) is 0 Å². The van der Waals surface area contributed by atoms with Crippen molar-refractivity contribution in [1.29, 1.82) is 0 Å². The predicted octanol–water partition coefficient (Wildman–Crippen LogP) is 2.22. The Bertz CT molecular complexity index is 805. The molecule has 0 saturated carbocycles. The molecule has 0 spiro atoms. The number of benzene rings is 1. The van der Waals surface area contributed by atoms with Crippen LogP contribution in [0, 0.1) is 5.41 Å². The lowest BCUT2D eigenvalue weighted by atomic mass is 9.81. The van der Waals surface area contributed by atoms with Crippen molar-refractivity contribution in [3.05, 3.63) is 30.1 Å². The Balaban J connectivity index is 0.00000420. The third-order valence-corrected chi connectivity index (χ3v) is 4.77. The molecule has 0 bridgehead atoms. The number of aromatic nitrogens is 3. The molecule has 2 aromatic rings. The van der Waals surface area contributed by atoms with Crippen LogP contribution in [0.25, 0.3) is 0 Å². The van der Waals surface area contributed by atoms with Crippen molar-refractivity contribution < 1.29 is 9.53 Å². The molecule has 0 aliphatic heterocycles. The fraction of sp³-hybridized carbons (Fsp3) is 0.474. The molecule has 10 heteroatoms. The van der Waals surface area contributed by atoms with Gasteiger partial charge in [-0.3, -0.25) is 4.79 Å². The standard InChI is InChI=1S/C19H29N7O2.ClH/c1-5-19(6-2,12-20)16(27)22-13-8-7-9-14(10-13)28-11-15-23-17(21)25-18(24-15)26(3)4;/h7-10H,5-6,11-12,20H2,1-4H3,(H,22,27)(H2,21,23,24,25);1H. The second-order valence-electron chi connectivity index (χ2n) is 6.77. The summed E-state index contributed by atoms with van der Waals surface area (Å²) < 4.78 is 5.77. The van der Waals surface area contributed by atoms with E-state index in [1.165, 1.54) is 0 Å². The molecule has 160 valence electrons. The minimum atomic E-state index is -0.568. The lowest BCUT2D eigenvalue weighted by Gasteiger charge is -2.28. The van der Waals surface area contributed by atoms with E-state index in [1.807, 2.05) is 34.0 Å². The van der Waals surface area contributed by atoms with Gasteiger partial charge >= 0.3 is 0 Å². The first-order chi connectivity index (χ1) is 13.3. The highest BCUT2D eigenvalue weighted by molar-refractivity contribution is 5.95. The molecule has 0 radical (unpaired) electrons. The number of nitrogen functional groups attached to an aromatic ring is 1. The summed E-state index contributed by atoms with van der Waals surface area (Å²) in [6.45, 7) is 4.37. The Labute approximate surface area is 177 Å².